The highest BCUT2D eigenvalue weighted by Gasteiger charge is 2.28. The number of carbonyl (C=O) groups is 2. The second kappa shape index (κ2) is 4.36. The number of aliphatic hydroxyl groups excluding tert-OH is 1. The van der Waals surface area contributed by atoms with Gasteiger partial charge < -0.3 is 9.90 Å². The van der Waals surface area contributed by atoms with Gasteiger partial charge in [-0.15, -0.1) is 0 Å². The van der Waals surface area contributed by atoms with Gasteiger partial charge in [-0.25, -0.2) is 0 Å². The first-order valence-electron chi connectivity index (χ1n) is 4.71. The minimum absolute atomic E-state index is 0.551. The van der Waals surface area contributed by atoms with Gasteiger partial charge in [0.05, 0.1) is 11.5 Å². The summed E-state index contributed by atoms with van der Waals surface area (Å²) in [6, 6.07) is 6.54. The first-order valence-corrected chi connectivity index (χ1v) is 4.71. The van der Waals surface area contributed by atoms with Crippen molar-refractivity contribution in [3.63, 3.8) is 0 Å². The summed E-state index contributed by atoms with van der Waals surface area (Å²) in [5, 5.41) is 9.89. The predicted octanol–water partition coefficient (Wildman–Crippen LogP) is 1.76. The smallest absolute Gasteiger partial charge is 0.150 e. The second-order valence-corrected chi connectivity index (χ2v) is 4.13. The zero-order chi connectivity index (χ0) is 11.5. The Morgan fingerprint density at radius 3 is 2.13 bits per heavy atom. The molecule has 0 saturated heterocycles. The normalized spacial score (nSPS) is 13.3. The summed E-state index contributed by atoms with van der Waals surface area (Å²) >= 11 is 0. The van der Waals surface area contributed by atoms with Gasteiger partial charge in [0.2, 0.25) is 0 Å². The van der Waals surface area contributed by atoms with Crippen molar-refractivity contribution >= 4 is 12.6 Å². The third-order valence-electron chi connectivity index (χ3n) is 2.40. The largest absolute Gasteiger partial charge is 0.387 e. The summed E-state index contributed by atoms with van der Waals surface area (Å²) < 4.78 is 0. The molecule has 0 radical (unpaired) electrons. The SMILES string of the molecule is CC(C)(C=O)[C@@H](O)c1ccc(C=O)cc1. The average Bonchev–Trinajstić information content (AvgIpc) is 2.28. The van der Waals surface area contributed by atoms with Crippen molar-refractivity contribution in [1.29, 1.82) is 0 Å². The lowest BCUT2D eigenvalue weighted by Crippen LogP contribution is -2.23. The van der Waals surface area contributed by atoms with Crippen molar-refractivity contribution in [1.82, 2.24) is 0 Å². The van der Waals surface area contributed by atoms with Crippen LogP contribution in [-0.4, -0.2) is 17.7 Å². The van der Waals surface area contributed by atoms with Gasteiger partial charge in [0, 0.05) is 5.56 Å². The number of rotatable bonds is 4. The van der Waals surface area contributed by atoms with Gasteiger partial charge in [-0.05, 0) is 5.56 Å². The number of hydrogen-bond acceptors (Lipinski definition) is 3. The van der Waals surface area contributed by atoms with Crippen LogP contribution in [0.3, 0.4) is 0 Å². The van der Waals surface area contributed by atoms with Gasteiger partial charge in [-0.3, -0.25) is 4.79 Å². The molecule has 1 atom stereocenters. The third kappa shape index (κ3) is 2.50. The lowest BCUT2D eigenvalue weighted by Gasteiger charge is -2.24. The Kier molecular flexibility index (Phi) is 3.37. The maximum absolute atomic E-state index is 10.7. The average molecular weight is 206 g/mol. The van der Waals surface area contributed by atoms with E-state index in [2.05, 4.69) is 0 Å². The van der Waals surface area contributed by atoms with Crippen molar-refractivity contribution in [3.8, 4) is 0 Å². The van der Waals surface area contributed by atoms with E-state index in [0.717, 1.165) is 12.6 Å². The molecule has 1 aromatic rings. The molecule has 0 unspecified atom stereocenters. The van der Waals surface area contributed by atoms with Crippen molar-refractivity contribution in [3.05, 3.63) is 35.4 Å². The summed E-state index contributed by atoms with van der Waals surface area (Å²) in [5.74, 6) is 0. The summed E-state index contributed by atoms with van der Waals surface area (Å²) in [6.07, 6.45) is 0.613. The fourth-order valence-corrected chi connectivity index (χ4v) is 1.25. The lowest BCUT2D eigenvalue weighted by atomic mass is 9.84. The topological polar surface area (TPSA) is 54.4 Å². The molecule has 15 heavy (non-hydrogen) atoms. The van der Waals surface area contributed by atoms with Crippen molar-refractivity contribution in [2.75, 3.05) is 0 Å². The van der Waals surface area contributed by atoms with E-state index < -0.39 is 11.5 Å². The Morgan fingerprint density at radius 1 is 1.20 bits per heavy atom. The second-order valence-electron chi connectivity index (χ2n) is 4.13. The van der Waals surface area contributed by atoms with Gasteiger partial charge >= 0.3 is 0 Å². The van der Waals surface area contributed by atoms with Gasteiger partial charge in [0.15, 0.2) is 0 Å². The van der Waals surface area contributed by atoms with E-state index in [-0.39, 0.29) is 0 Å². The first kappa shape index (κ1) is 11.6. The van der Waals surface area contributed by atoms with E-state index in [1.807, 2.05) is 0 Å². The molecule has 0 aliphatic rings. The maximum atomic E-state index is 10.7. The van der Waals surface area contributed by atoms with Crippen LogP contribution < -0.4 is 0 Å². The molecule has 0 aliphatic heterocycles. The molecular formula is C12H14O3. The number of carbonyl (C=O) groups excluding carboxylic acids is 2. The van der Waals surface area contributed by atoms with Gasteiger partial charge in [-0.1, -0.05) is 38.1 Å². The molecule has 3 nitrogen and oxygen atoms in total. The molecule has 0 fully saturated rings. The first-order chi connectivity index (χ1) is 7.01. The molecule has 0 saturated carbocycles. The molecule has 80 valence electrons. The Hall–Kier alpha value is -1.48. The summed E-state index contributed by atoms with van der Waals surface area (Å²) in [7, 11) is 0. The predicted molar refractivity (Wildman–Crippen MR) is 56.6 cm³/mol. The van der Waals surface area contributed by atoms with Gasteiger partial charge in [0.25, 0.3) is 0 Å². The highest BCUT2D eigenvalue weighted by Crippen LogP contribution is 2.30. The van der Waals surface area contributed by atoms with Crippen LogP contribution in [-0.2, 0) is 4.79 Å². The van der Waals surface area contributed by atoms with E-state index in [1.54, 1.807) is 38.1 Å². The number of aliphatic hydroxyl groups is 1. The molecule has 0 aromatic heterocycles. The number of aldehydes is 2. The molecule has 1 aromatic carbocycles. The highest BCUT2D eigenvalue weighted by atomic mass is 16.3. The molecule has 0 spiro atoms. The van der Waals surface area contributed by atoms with Crippen molar-refractivity contribution in [2.45, 2.75) is 20.0 Å². The van der Waals surface area contributed by atoms with Crippen LogP contribution in [0.2, 0.25) is 0 Å². The Balaban J connectivity index is 2.96. The minimum Gasteiger partial charge on any atom is -0.387 e. The molecule has 3 heteroatoms. The van der Waals surface area contributed by atoms with Gasteiger partial charge in [0.1, 0.15) is 12.6 Å². The van der Waals surface area contributed by atoms with Gasteiger partial charge in [-0.2, -0.15) is 0 Å². The van der Waals surface area contributed by atoms with E-state index >= 15 is 0 Å². The molecule has 0 aliphatic carbocycles. The number of benzene rings is 1. The van der Waals surface area contributed by atoms with E-state index in [0.29, 0.717) is 11.1 Å². The van der Waals surface area contributed by atoms with Crippen LogP contribution in [0.4, 0.5) is 0 Å². The molecule has 0 amide bonds. The molecule has 0 bridgehead atoms. The molecule has 1 rings (SSSR count). The number of hydrogen-bond donors (Lipinski definition) is 1. The fourth-order valence-electron chi connectivity index (χ4n) is 1.25. The van der Waals surface area contributed by atoms with E-state index in [9.17, 15) is 14.7 Å². The van der Waals surface area contributed by atoms with E-state index in [4.69, 9.17) is 0 Å². The van der Waals surface area contributed by atoms with Crippen LogP contribution in [0.25, 0.3) is 0 Å². The Bertz CT molecular complexity index is 352. The summed E-state index contributed by atoms with van der Waals surface area (Å²) in [4.78, 5) is 21.2. The quantitative estimate of drug-likeness (QED) is 0.764. The Labute approximate surface area is 88.7 Å². The van der Waals surface area contributed by atoms with Crippen molar-refractivity contribution in [2.24, 2.45) is 5.41 Å². The summed E-state index contributed by atoms with van der Waals surface area (Å²) in [5.41, 5.74) is 0.371. The molecular weight excluding hydrogens is 192 g/mol. The highest BCUT2D eigenvalue weighted by molar-refractivity contribution is 5.74. The van der Waals surface area contributed by atoms with Crippen LogP contribution in [0, 0.1) is 5.41 Å². The standard InChI is InChI=1S/C12H14O3/c1-12(2,8-14)11(15)10-5-3-9(7-13)4-6-10/h3-8,11,15H,1-2H3/t11-/m0/s1. The zero-order valence-electron chi connectivity index (χ0n) is 8.81. The fraction of sp³-hybridized carbons (Fsp3) is 0.333. The third-order valence-corrected chi connectivity index (χ3v) is 2.40. The monoisotopic (exact) mass is 206 g/mol. The summed E-state index contributed by atoms with van der Waals surface area (Å²) in [6.45, 7) is 3.33. The van der Waals surface area contributed by atoms with Crippen LogP contribution in [0.15, 0.2) is 24.3 Å². The minimum atomic E-state index is -0.851. The zero-order valence-corrected chi connectivity index (χ0v) is 8.81. The lowest BCUT2D eigenvalue weighted by molar-refractivity contribution is -0.120. The van der Waals surface area contributed by atoms with Crippen LogP contribution in [0.1, 0.15) is 35.9 Å². The maximum Gasteiger partial charge on any atom is 0.150 e. The molecule has 0 heterocycles. The Morgan fingerprint density at radius 2 is 1.73 bits per heavy atom. The van der Waals surface area contributed by atoms with Crippen LogP contribution >= 0.6 is 0 Å². The van der Waals surface area contributed by atoms with Crippen molar-refractivity contribution < 1.29 is 14.7 Å². The molecule has 1 N–H and O–H groups in total. The van der Waals surface area contributed by atoms with Crippen LogP contribution in [0.5, 0.6) is 0 Å². The van der Waals surface area contributed by atoms with E-state index in [1.165, 1.54) is 0 Å².